The predicted octanol–water partition coefficient (Wildman–Crippen LogP) is 2.46. The van der Waals surface area contributed by atoms with Gasteiger partial charge in [-0.25, -0.2) is 8.42 Å². The van der Waals surface area contributed by atoms with Gasteiger partial charge in [0.1, 0.15) is 8.07 Å². The van der Waals surface area contributed by atoms with E-state index in [1.54, 1.807) is 48.7 Å². The van der Waals surface area contributed by atoms with Crippen molar-refractivity contribution in [3.05, 3.63) is 48.7 Å². The number of hydrogen-bond acceptors (Lipinski definition) is 3. The number of aromatic nitrogens is 1. The fourth-order valence-corrected chi connectivity index (χ4v) is 4.17. The molecule has 1 aromatic carbocycles. The lowest BCUT2D eigenvalue weighted by Crippen LogP contribution is -2.40. The monoisotopic (exact) mass is 291 g/mol. The van der Waals surface area contributed by atoms with Gasteiger partial charge in [0.15, 0.2) is 0 Å². The lowest BCUT2D eigenvalue weighted by atomic mass is 10.4. The summed E-state index contributed by atoms with van der Waals surface area (Å²) in [4.78, 5) is 4.96. The van der Waals surface area contributed by atoms with Crippen LogP contribution in [0.15, 0.2) is 58.5 Å². The quantitative estimate of drug-likeness (QED) is 0.816. The van der Waals surface area contributed by atoms with Crippen molar-refractivity contribution in [2.75, 3.05) is 0 Å². The fraction of sp³-hybridized carbons (Fsp3) is 0.214. The molecule has 0 aliphatic heterocycles. The average molecular weight is 291 g/mol. The summed E-state index contributed by atoms with van der Waals surface area (Å²) in [7, 11) is -5.06. The van der Waals surface area contributed by atoms with Crippen molar-refractivity contribution in [1.82, 2.24) is 4.98 Å². The maximum Gasteiger partial charge on any atom is 0.206 e. The Labute approximate surface area is 115 Å². The summed E-state index contributed by atoms with van der Waals surface area (Å²) >= 11 is 0. The van der Waals surface area contributed by atoms with Crippen molar-refractivity contribution in [2.45, 2.75) is 29.4 Å². The third kappa shape index (κ3) is 2.93. The Balaban J connectivity index is 2.54. The van der Waals surface area contributed by atoms with Crippen molar-refractivity contribution in [3.8, 4) is 0 Å². The standard InChI is InChI=1S/C14H17NO2SSi/c1-19(2,3)14-11-13(9-10-15-14)18(16,17)12-7-5-4-6-8-12/h4-11H,1-3H3. The first-order valence-corrected chi connectivity index (χ1v) is 11.1. The summed E-state index contributed by atoms with van der Waals surface area (Å²) in [5.74, 6) is 0. The number of pyridine rings is 1. The van der Waals surface area contributed by atoms with Gasteiger partial charge >= 0.3 is 0 Å². The Morgan fingerprint density at radius 1 is 0.947 bits per heavy atom. The van der Waals surface area contributed by atoms with Gasteiger partial charge in [-0.2, -0.15) is 0 Å². The molecule has 5 heteroatoms. The molecule has 0 bridgehead atoms. The molecule has 2 aromatic rings. The first kappa shape index (κ1) is 14.0. The molecule has 19 heavy (non-hydrogen) atoms. The van der Waals surface area contributed by atoms with E-state index < -0.39 is 17.9 Å². The van der Waals surface area contributed by atoms with E-state index in [4.69, 9.17) is 0 Å². The summed E-state index contributed by atoms with van der Waals surface area (Å²) < 4.78 is 25.0. The molecule has 0 amide bonds. The van der Waals surface area contributed by atoms with Crippen LogP contribution in [0.2, 0.25) is 19.6 Å². The van der Waals surface area contributed by atoms with E-state index in [1.807, 2.05) is 0 Å². The second-order valence-electron chi connectivity index (χ2n) is 5.44. The Bertz CT molecular complexity index is 676. The second kappa shape index (κ2) is 4.90. The van der Waals surface area contributed by atoms with Crippen molar-refractivity contribution in [2.24, 2.45) is 0 Å². The highest BCUT2D eigenvalue weighted by atomic mass is 32.2. The van der Waals surface area contributed by atoms with Gasteiger partial charge in [-0.3, -0.25) is 4.98 Å². The summed E-state index contributed by atoms with van der Waals surface area (Å²) in [5, 5.41) is 0.907. The zero-order valence-corrected chi connectivity index (χ0v) is 13.1. The van der Waals surface area contributed by atoms with Gasteiger partial charge in [-0.1, -0.05) is 37.8 Å². The molecule has 0 radical (unpaired) electrons. The molecule has 0 aliphatic rings. The summed E-state index contributed by atoms with van der Waals surface area (Å²) in [6.07, 6.45) is 1.59. The van der Waals surface area contributed by atoms with E-state index in [1.165, 1.54) is 0 Å². The number of benzene rings is 1. The molecule has 1 aromatic heterocycles. The third-order valence-electron chi connectivity index (χ3n) is 2.86. The van der Waals surface area contributed by atoms with Crippen molar-refractivity contribution in [1.29, 1.82) is 0 Å². The van der Waals surface area contributed by atoms with E-state index >= 15 is 0 Å². The highest BCUT2D eigenvalue weighted by Crippen LogP contribution is 2.19. The molecule has 1 heterocycles. The highest BCUT2D eigenvalue weighted by molar-refractivity contribution is 7.91. The lowest BCUT2D eigenvalue weighted by Gasteiger charge is -2.16. The zero-order valence-electron chi connectivity index (χ0n) is 11.3. The van der Waals surface area contributed by atoms with Crippen LogP contribution in [0, 0.1) is 0 Å². The second-order valence-corrected chi connectivity index (χ2v) is 12.4. The third-order valence-corrected chi connectivity index (χ3v) is 6.44. The fourth-order valence-electron chi connectivity index (χ4n) is 1.72. The molecular weight excluding hydrogens is 274 g/mol. The molecule has 0 N–H and O–H groups in total. The average Bonchev–Trinajstić information content (AvgIpc) is 2.39. The molecule has 0 atom stereocenters. The Kier molecular flexibility index (Phi) is 3.60. The van der Waals surface area contributed by atoms with Gasteiger partial charge in [0, 0.05) is 11.5 Å². The van der Waals surface area contributed by atoms with Crippen molar-refractivity contribution < 1.29 is 8.42 Å². The van der Waals surface area contributed by atoms with Gasteiger partial charge in [0.25, 0.3) is 0 Å². The van der Waals surface area contributed by atoms with Crippen LogP contribution in [-0.2, 0) is 9.84 Å². The molecular formula is C14H17NO2SSi. The number of sulfone groups is 1. The Morgan fingerprint density at radius 2 is 1.58 bits per heavy atom. The van der Waals surface area contributed by atoms with Crippen LogP contribution in [0.1, 0.15) is 0 Å². The molecule has 0 fully saturated rings. The Morgan fingerprint density at radius 3 is 2.16 bits per heavy atom. The van der Waals surface area contributed by atoms with Gasteiger partial charge in [0.05, 0.1) is 9.79 Å². The molecule has 100 valence electrons. The van der Waals surface area contributed by atoms with E-state index in [-0.39, 0.29) is 0 Å². The van der Waals surface area contributed by atoms with Gasteiger partial charge in [-0.15, -0.1) is 0 Å². The Hall–Kier alpha value is -1.46. The molecule has 3 nitrogen and oxygen atoms in total. The SMILES string of the molecule is C[Si](C)(C)c1cc(S(=O)(=O)c2ccccc2)ccn1. The predicted molar refractivity (Wildman–Crippen MR) is 79.1 cm³/mol. The van der Waals surface area contributed by atoms with E-state index in [0.717, 1.165) is 5.32 Å². The minimum absolute atomic E-state index is 0.322. The smallest absolute Gasteiger partial charge is 0.206 e. The molecule has 0 saturated carbocycles. The summed E-state index contributed by atoms with van der Waals surface area (Å²) in [5.41, 5.74) is 0. The normalized spacial score (nSPS) is 12.4. The lowest BCUT2D eigenvalue weighted by molar-refractivity contribution is 0.596. The van der Waals surface area contributed by atoms with Gasteiger partial charge in [-0.05, 0) is 24.3 Å². The summed E-state index contributed by atoms with van der Waals surface area (Å²) in [6, 6.07) is 11.8. The maximum absolute atomic E-state index is 12.5. The number of nitrogens with zero attached hydrogens (tertiary/aromatic N) is 1. The molecule has 0 spiro atoms. The zero-order chi connectivity index (χ0) is 14.1. The van der Waals surface area contributed by atoms with E-state index in [9.17, 15) is 8.42 Å². The van der Waals surface area contributed by atoms with Crippen LogP contribution >= 0.6 is 0 Å². The van der Waals surface area contributed by atoms with Crippen LogP contribution < -0.4 is 5.32 Å². The highest BCUT2D eigenvalue weighted by Gasteiger charge is 2.22. The molecule has 0 saturated heterocycles. The number of rotatable bonds is 3. The van der Waals surface area contributed by atoms with Crippen molar-refractivity contribution >= 4 is 23.2 Å². The van der Waals surface area contributed by atoms with E-state index in [0.29, 0.717) is 9.79 Å². The topological polar surface area (TPSA) is 47.0 Å². The molecule has 0 aliphatic carbocycles. The molecule has 0 unspecified atom stereocenters. The van der Waals surface area contributed by atoms with Gasteiger partial charge < -0.3 is 0 Å². The first-order chi connectivity index (χ1) is 8.82. The molecule has 2 rings (SSSR count). The van der Waals surface area contributed by atoms with Crippen LogP contribution in [0.3, 0.4) is 0 Å². The maximum atomic E-state index is 12.5. The van der Waals surface area contributed by atoms with Crippen LogP contribution in [0.4, 0.5) is 0 Å². The number of hydrogen-bond donors (Lipinski definition) is 0. The van der Waals surface area contributed by atoms with Crippen LogP contribution in [0.5, 0.6) is 0 Å². The first-order valence-electron chi connectivity index (χ1n) is 6.08. The van der Waals surface area contributed by atoms with Crippen LogP contribution in [-0.4, -0.2) is 21.5 Å². The van der Waals surface area contributed by atoms with Gasteiger partial charge in [0.2, 0.25) is 9.84 Å². The van der Waals surface area contributed by atoms with E-state index in [2.05, 4.69) is 24.6 Å². The largest absolute Gasteiger partial charge is 0.266 e. The minimum Gasteiger partial charge on any atom is -0.266 e. The van der Waals surface area contributed by atoms with Crippen LogP contribution in [0.25, 0.3) is 0 Å². The minimum atomic E-state index is -3.44. The van der Waals surface area contributed by atoms with Crippen molar-refractivity contribution in [3.63, 3.8) is 0 Å². The summed E-state index contributed by atoms with van der Waals surface area (Å²) in [6.45, 7) is 6.44.